The Labute approximate surface area is 93.5 Å². The van der Waals surface area contributed by atoms with Crippen molar-refractivity contribution >= 4 is 5.91 Å². The number of hydrogen-bond acceptors (Lipinski definition) is 5. The average Bonchev–Trinajstić information content (AvgIpc) is 2.63. The van der Waals surface area contributed by atoms with E-state index in [0.717, 1.165) is 0 Å². The van der Waals surface area contributed by atoms with E-state index in [1.807, 2.05) is 0 Å². The van der Waals surface area contributed by atoms with Crippen LogP contribution in [0.1, 0.15) is 20.3 Å². The van der Waals surface area contributed by atoms with Gasteiger partial charge < -0.3 is 25.0 Å². The van der Waals surface area contributed by atoms with Crippen LogP contribution in [-0.4, -0.2) is 52.9 Å². The van der Waals surface area contributed by atoms with Crippen LogP contribution >= 0.6 is 0 Å². The van der Waals surface area contributed by atoms with Gasteiger partial charge in [0.05, 0.1) is 6.61 Å². The molecule has 0 aromatic heterocycles. The van der Waals surface area contributed by atoms with Crippen molar-refractivity contribution in [3.05, 3.63) is 0 Å². The van der Waals surface area contributed by atoms with Crippen molar-refractivity contribution in [1.82, 2.24) is 5.32 Å². The van der Waals surface area contributed by atoms with Gasteiger partial charge in [-0.3, -0.25) is 4.79 Å². The first-order valence-electron chi connectivity index (χ1n) is 5.43. The van der Waals surface area contributed by atoms with Gasteiger partial charge in [-0.15, -0.1) is 0 Å². The topological polar surface area (TPSA) is 88.0 Å². The molecule has 3 N–H and O–H groups in total. The molecule has 6 heteroatoms. The minimum Gasteiger partial charge on any atom is -0.388 e. The second kappa shape index (κ2) is 3.96. The van der Waals surface area contributed by atoms with Gasteiger partial charge in [0.2, 0.25) is 5.91 Å². The molecule has 2 heterocycles. The number of rotatable bonds is 2. The summed E-state index contributed by atoms with van der Waals surface area (Å²) in [6.45, 7) is 3.61. The first-order chi connectivity index (χ1) is 7.48. The highest BCUT2D eigenvalue weighted by molar-refractivity contribution is 5.76. The van der Waals surface area contributed by atoms with E-state index in [2.05, 4.69) is 5.32 Å². The SMILES string of the molecule is CCC(=O)N[C@H]1[C@H]2OC[C@](C)(O2)[C@H](O)[C@@H]1O. The number of aliphatic hydroxyl groups is 2. The average molecular weight is 231 g/mol. The maximum atomic E-state index is 11.3. The molecular formula is C10H17NO5. The summed E-state index contributed by atoms with van der Waals surface area (Å²) in [7, 11) is 0. The highest BCUT2D eigenvalue weighted by Gasteiger charge is 2.56. The number of fused-ring (bicyclic) bond motifs is 2. The van der Waals surface area contributed by atoms with Crippen molar-refractivity contribution in [3.8, 4) is 0 Å². The number of amides is 1. The molecule has 6 nitrogen and oxygen atoms in total. The summed E-state index contributed by atoms with van der Waals surface area (Å²) in [5.41, 5.74) is -0.877. The fourth-order valence-electron chi connectivity index (χ4n) is 2.07. The van der Waals surface area contributed by atoms with Gasteiger partial charge in [0.25, 0.3) is 0 Å². The van der Waals surface area contributed by atoms with Crippen molar-refractivity contribution in [2.24, 2.45) is 0 Å². The van der Waals surface area contributed by atoms with Crippen molar-refractivity contribution in [2.75, 3.05) is 6.61 Å². The Bertz CT molecular complexity index is 297. The first-order valence-corrected chi connectivity index (χ1v) is 5.43. The van der Waals surface area contributed by atoms with E-state index in [0.29, 0.717) is 6.42 Å². The predicted octanol–water partition coefficient (Wildman–Crippen LogP) is -1.25. The third-order valence-electron chi connectivity index (χ3n) is 3.18. The van der Waals surface area contributed by atoms with E-state index in [9.17, 15) is 15.0 Å². The lowest BCUT2D eigenvalue weighted by Crippen LogP contribution is -2.64. The summed E-state index contributed by atoms with van der Waals surface area (Å²) >= 11 is 0. The first kappa shape index (κ1) is 11.8. The molecule has 0 saturated carbocycles. The van der Waals surface area contributed by atoms with Gasteiger partial charge in [-0.05, 0) is 6.92 Å². The summed E-state index contributed by atoms with van der Waals surface area (Å²) in [6.07, 6.45) is -2.50. The molecule has 16 heavy (non-hydrogen) atoms. The van der Waals surface area contributed by atoms with Crippen LogP contribution in [0.2, 0.25) is 0 Å². The molecule has 5 atom stereocenters. The fourth-order valence-corrected chi connectivity index (χ4v) is 2.07. The van der Waals surface area contributed by atoms with Gasteiger partial charge in [-0.1, -0.05) is 6.92 Å². The van der Waals surface area contributed by atoms with Crippen LogP contribution in [0.15, 0.2) is 0 Å². The molecule has 2 aliphatic rings. The van der Waals surface area contributed by atoms with Crippen LogP contribution in [0.4, 0.5) is 0 Å². The zero-order chi connectivity index (χ0) is 11.9. The van der Waals surface area contributed by atoms with Gasteiger partial charge in [-0.2, -0.15) is 0 Å². The van der Waals surface area contributed by atoms with Gasteiger partial charge in [0, 0.05) is 6.42 Å². The van der Waals surface area contributed by atoms with E-state index >= 15 is 0 Å². The van der Waals surface area contributed by atoms with Crippen LogP contribution in [0.3, 0.4) is 0 Å². The number of hydrogen-bond donors (Lipinski definition) is 3. The van der Waals surface area contributed by atoms with E-state index in [-0.39, 0.29) is 12.5 Å². The van der Waals surface area contributed by atoms with Crippen LogP contribution in [-0.2, 0) is 14.3 Å². The Morgan fingerprint density at radius 2 is 2.25 bits per heavy atom. The molecule has 2 aliphatic heterocycles. The maximum absolute atomic E-state index is 11.3. The molecule has 0 spiro atoms. The Morgan fingerprint density at radius 1 is 1.56 bits per heavy atom. The lowest BCUT2D eigenvalue weighted by Gasteiger charge is -2.41. The third kappa shape index (κ3) is 1.71. The molecule has 2 rings (SSSR count). The molecule has 0 aromatic carbocycles. The Balaban J connectivity index is 2.12. The monoisotopic (exact) mass is 231 g/mol. The summed E-state index contributed by atoms with van der Waals surface area (Å²) < 4.78 is 10.8. The zero-order valence-electron chi connectivity index (χ0n) is 9.34. The molecule has 1 amide bonds. The number of carbonyl (C=O) groups excluding carboxylic acids is 1. The normalized spacial score (nSPS) is 46.8. The zero-order valence-corrected chi connectivity index (χ0v) is 9.34. The molecule has 0 unspecified atom stereocenters. The van der Waals surface area contributed by atoms with Gasteiger partial charge in [0.15, 0.2) is 6.29 Å². The van der Waals surface area contributed by atoms with Crippen LogP contribution in [0, 0.1) is 0 Å². The molecule has 0 aliphatic carbocycles. The highest BCUT2D eigenvalue weighted by Crippen LogP contribution is 2.36. The van der Waals surface area contributed by atoms with Crippen LogP contribution < -0.4 is 5.32 Å². The molecule has 2 fully saturated rings. The van der Waals surface area contributed by atoms with E-state index < -0.39 is 30.1 Å². The number of carbonyl (C=O) groups is 1. The molecule has 0 aromatic rings. The quantitative estimate of drug-likeness (QED) is 0.552. The number of ether oxygens (including phenoxy) is 2. The Kier molecular flexibility index (Phi) is 2.91. The number of aliphatic hydroxyl groups excluding tert-OH is 2. The Morgan fingerprint density at radius 3 is 2.88 bits per heavy atom. The van der Waals surface area contributed by atoms with Gasteiger partial charge in [-0.25, -0.2) is 0 Å². The molecule has 92 valence electrons. The molecule has 0 radical (unpaired) electrons. The predicted molar refractivity (Wildman–Crippen MR) is 53.5 cm³/mol. The minimum atomic E-state index is -1.07. The third-order valence-corrected chi connectivity index (χ3v) is 3.18. The van der Waals surface area contributed by atoms with Gasteiger partial charge in [0.1, 0.15) is 23.9 Å². The maximum Gasteiger partial charge on any atom is 0.220 e. The highest BCUT2D eigenvalue weighted by atomic mass is 16.7. The van der Waals surface area contributed by atoms with Crippen molar-refractivity contribution in [2.45, 2.75) is 50.4 Å². The summed E-state index contributed by atoms with van der Waals surface area (Å²) in [6, 6.07) is -0.710. The summed E-state index contributed by atoms with van der Waals surface area (Å²) in [5.74, 6) is -0.209. The van der Waals surface area contributed by atoms with Crippen molar-refractivity contribution in [1.29, 1.82) is 0 Å². The lowest BCUT2D eigenvalue weighted by molar-refractivity contribution is -0.218. The van der Waals surface area contributed by atoms with Crippen molar-refractivity contribution < 1.29 is 24.5 Å². The molecule has 2 bridgehead atoms. The van der Waals surface area contributed by atoms with E-state index in [1.54, 1.807) is 13.8 Å². The fraction of sp³-hybridized carbons (Fsp3) is 0.900. The van der Waals surface area contributed by atoms with E-state index in [1.165, 1.54) is 0 Å². The standard InChI is InChI=1S/C10H17NO5/c1-3-5(12)11-6-7(13)8(14)10(2)4-15-9(6)16-10/h6-9,13-14H,3-4H2,1-2H3,(H,11,12)/t6-,7-,8-,9+,10+/m1/s1. The van der Waals surface area contributed by atoms with Crippen LogP contribution in [0.25, 0.3) is 0 Å². The van der Waals surface area contributed by atoms with Crippen molar-refractivity contribution in [3.63, 3.8) is 0 Å². The second-order valence-corrected chi connectivity index (χ2v) is 4.49. The minimum absolute atomic E-state index is 0.209. The second-order valence-electron chi connectivity index (χ2n) is 4.49. The molecular weight excluding hydrogens is 214 g/mol. The molecule has 2 saturated heterocycles. The van der Waals surface area contributed by atoms with E-state index in [4.69, 9.17) is 9.47 Å². The summed E-state index contributed by atoms with van der Waals surface area (Å²) in [4.78, 5) is 11.3. The number of nitrogens with one attached hydrogen (secondary N) is 1. The van der Waals surface area contributed by atoms with Crippen LogP contribution in [0.5, 0.6) is 0 Å². The lowest BCUT2D eigenvalue weighted by atomic mass is 9.89. The Hall–Kier alpha value is -0.690. The van der Waals surface area contributed by atoms with Gasteiger partial charge >= 0.3 is 0 Å². The smallest absolute Gasteiger partial charge is 0.220 e. The summed E-state index contributed by atoms with van der Waals surface area (Å²) in [5, 5.41) is 22.4. The largest absolute Gasteiger partial charge is 0.388 e.